The van der Waals surface area contributed by atoms with Gasteiger partial charge in [0.25, 0.3) is 5.91 Å². The Balaban J connectivity index is 1.55. The number of anilines is 1. The van der Waals surface area contributed by atoms with Gasteiger partial charge in [0, 0.05) is 16.1 Å². The molecule has 1 heterocycles. The van der Waals surface area contributed by atoms with Gasteiger partial charge in [0.1, 0.15) is 0 Å². The summed E-state index contributed by atoms with van der Waals surface area (Å²) >= 11 is 12.0. The molecular weight excluding hydrogens is 411 g/mol. The van der Waals surface area contributed by atoms with E-state index in [4.69, 9.17) is 32.9 Å². The van der Waals surface area contributed by atoms with Gasteiger partial charge in [-0.3, -0.25) is 9.78 Å². The first kappa shape index (κ1) is 19.7. The van der Waals surface area contributed by atoms with Crippen molar-refractivity contribution >= 4 is 51.7 Å². The summed E-state index contributed by atoms with van der Waals surface area (Å²) in [4.78, 5) is 29.9. The van der Waals surface area contributed by atoms with Crippen molar-refractivity contribution in [3.05, 3.63) is 69.3 Å². The molecule has 1 amide bonds. The predicted octanol–water partition coefficient (Wildman–Crippen LogP) is 5.22. The summed E-state index contributed by atoms with van der Waals surface area (Å²) in [6, 6.07) is 12.2. The van der Waals surface area contributed by atoms with E-state index in [-0.39, 0.29) is 0 Å². The van der Waals surface area contributed by atoms with E-state index in [0.29, 0.717) is 21.3 Å². The molecule has 1 N–H and O–H groups in total. The van der Waals surface area contributed by atoms with Crippen molar-refractivity contribution in [2.75, 3.05) is 11.9 Å². The summed E-state index contributed by atoms with van der Waals surface area (Å²) in [6.07, 6.45) is 3.67. The number of nitrogens with one attached hydrogen (secondary N) is 1. The van der Waals surface area contributed by atoms with Crippen LogP contribution in [0.15, 0.2) is 42.5 Å². The van der Waals surface area contributed by atoms with Gasteiger partial charge in [0.15, 0.2) is 6.61 Å². The molecule has 0 fully saturated rings. The van der Waals surface area contributed by atoms with Crippen LogP contribution < -0.4 is 5.32 Å². The van der Waals surface area contributed by atoms with Crippen LogP contribution in [-0.2, 0) is 22.4 Å². The van der Waals surface area contributed by atoms with Crippen LogP contribution in [0.2, 0.25) is 10.0 Å². The molecule has 0 bridgehead atoms. The van der Waals surface area contributed by atoms with Gasteiger partial charge in [-0.25, -0.2) is 4.79 Å². The molecule has 0 radical (unpaired) electrons. The first-order chi connectivity index (χ1) is 14.0. The monoisotopic (exact) mass is 428 g/mol. The quantitative estimate of drug-likeness (QED) is 0.578. The number of carbonyl (C=O) groups is 2. The van der Waals surface area contributed by atoms with E-state index < -0.39 is 18.5 Å². The van der Waals surface area contributed by atoms with Gasteiger partial charge in [-0.15, -0.1) is 0 Å². The molecule has 0 saturated heterocycles. The minimum atomic E-state index is -0.519. The number of hydrogen-bond acceptors (Lipinski definition) is 4. The Morgan fingerprint density at radius 2 is 1.86 bits per heavy atom. The maximum absolute atomic E-state index is 12.9. The van der Waals surface area contributed by atoms with Crippen molar-refractivity contribution < 1.29 is 14.3 Å². The Kier molecular flexibility index (Phi) is 5.69. The van der Waals surface area contributed by atoms with Gasteiger partial charge in [-0.1, -0.05) is 41.4 Å². The number of esters is 1. The second kappa shape index (κ2) is 8.39. The zero-order valence-electron chi connectivity index (χ0n) is 15.5. The Morgan fingerprint density at radius 3 is 2.72 bits per heavy atom. The van der Waals surface area contributed by atoms with E-state index in [9.17, 15) is 9.59 Å². The fraction of sp³-hybridized carbons (Fsp3) is 0.227. The maximum Gasteiger partial charge on any atom is 0.339 e. The van der Waals surface area contributed by atoms with E-state index in [1.54, 1.807) is 12.1 Å². The van der Waals surface area contributed by atoms with Gasteiger partial charge in [0.05, 0.1) is 21.8 Å². The summed E-state index contributed by atoms with van der Waals surface area (Å²) in [5, 5.41) is 4.15. The van der Waals surface area contributed by atoms with Crippen molar-refractivity contribution in [1.29, 1.82) is 0 Å². The fourth-order valence-electron chi connectivity index (χ4n) is 3.59. The normalized spacial score (nSPS) is 13.0. The lowest BCUT2D eigenvalue weighted by Crippen LogP contribution is -2.22. The van der Waals surface area contributed by atoms with Crippen molar-refractivity contribution in [2.24, 2.45) is 0 Å². The predicted molar refractivity (Wildman–Crippen MR) is 114 cm³/mol. The molecule has 1 aliphatic carbocycles. The van der Waals surface area contributed by atoms with Gasteiger partial charge in [-0.05, 0) is 55.5 Å². The molecule has 3 aromatic rings. The first-order valence-electron chi connectivity index (χ1n) is 9.35. The molecule has 2 aromatic carbocycles. The smallest absolute Gasteiger partial charge is 0.339 e. The van der Waals surface area contributed by atoms with Crippen LogP contribution in [-0.4, -0.2) is 23.5 Å². The topological polar surface area (TPSA) is 68.3 Å². The lowest BCUT2D eigenvalue weighted by Gasteiger charge is -2.20. The number of halogens is 2. The number of fused-ring (bicyclic) bond motifs is 2. The number of benzene rings is 2. The van der Waals surface area contributed by atoms with Crippen LogP contribution in [0, 0.1) is 0 Å². The molecule has 0 unspecified atom stereocenters. The van der Waals surface area contributed by atoms with Crippen LogP contribution in [0.1, 0.15) is 34.5 Å². The van der Waals surface area contributed by atoms with Crippen LogP contribution in [0.25, 0.3) is 10.9 Å². The van der Waals surface area contributed by atoms with E-state index in [2.05, 4.69) is 5.32 Å². The van der Waals surface area contributed by atoms with Gasteiger partial charge in [-0.2, -0.15) is 0 Å². The molecule has 5 nitrogen and oxygen atoms in total. The highest BCUT2D eigenvalue weighted by Gasteiger charge is 2.24. The number of aryl methyl sites for hydroxylation is 1. The molecule has 0 saturated carbocycles. The van der Waals surface area contributed by atoms with E-state index in [0.717, 1.165) is 47.8 Å². The minimum Gasteiger partial charge on any atom is -0.452 e. The number of amides is 1. The highest BCUT2D eigenvalue weighted by atomic mass is 35.5. The molecule has 0 atom stereocenters. The number of carbonyl (C=O) groups excluding carboxylic acids is 2. The van der Waals surface area contributed by atoms with Crippen molar-refractivity contribution in [2.45, 2.75) is 25.7 Å². The van der Waals surface area contributed by atoms with Crippen molar-refractivity contribution in [3.8, 4) is 0 Å². The molecular formula is C22H18Cl2N2O3. The largest absolute Gasteiger partial charge is 0.452 e. The standard InChI is InChI=1S/C22H18Cl2N2O3/c23-13-9-10-16(24)19(11-13)26-20(27)12-29-22(28)21-14-5-1-3-7-17(14)25-18-8-4-2-6-15(18)21/h1,3,5,7,9-11H,2,4,6,8,12H2,(H,26,27). The van der Waals surface area contributed by atoms with Crippen LogP contribution >= 0.6 is 23.2 Å². The number of para-hydroxylation sites is 1. The van der Waals surface area contributed by atoms with E-state index >= 15 is 0 Å². The number of aromatic nitrogens is 1. The third-order valence-corrected chi connectivity index (χ3v) is 5.47. The Hall–Kier alpha value is -2.63. The minimum absolute atomic E-state index is 0.350. The molecule has 1 aliphatic rings. The number of nitrogens with zero attached hydrogens (tertiary/aromatic N) is 1. The number of ether oxygens (including phenoxy) is 1. The third kappa shape index (κ3) is 4.21. The second-order valence-corrected chi connectivity index (χ2v) is 7.73. The number of pyridine rings is 1. The van der Waals surface area contributed by atoms with Gasteiger partial charge < -0.3 is 10.1 Å². The average molecular weight is 429 g/mol. The van der Waals surface area contributed by atoms with Crippen LogP contribution in [0.3, 0.4) is 0 Å². The highest BCUT2D eigenvalue weighted by Crippen LogP contribution is 2.30. The zero-order chi connectivity index (χ0) is 20.4. The SMILES string of the molecule is O=C(COC(=O)c1c2c(nc3ccccc13)CCCC2)Nc1cc(Cl)ccc1Cl. The van der Waals surface area contributed by atoms with Crippen molar-refractivity contribution in [3.63, 3.8) is 0 Å². The molecule has 7 heteroatoms. The molecule has 148 valence electrons. The van der Waals surface area contributed by atoms with E-state index in [1.165, 1.54) is 6.07 Å². The zero-order valence-corrected chi connectivity index (χ0v) is 17.0. The third-order valence-electron chi connectivity index (χ3n) is 4.91. The molecule has 0 spiro atoms. The van der Waals surface area contributed by atoms with Gasteiger partial charge in [0.2, 0.25) is 0 Å². The Labute approximate surface area is 178 Å². The Bertz CT molecular complexity index is 1110. The Morgan fingerprint density at radius 1 is 1.07 bits per heavy atom. The molecule has 29 heavy (non-hydrogen) atoms. The summed E-state index contributed by atoms with van der Waals surface area (Å²) in [5.41, 5.74) is 3.51. The van der Waals surface area contributed by atoms with Crippen LogP contribution in [0.5, 0.6) is 0 Å². The van der Waals surface area contributed by atoms with Crippen LogP contribution in [0.4, 0.5) is 5.69 Å². The first-order valence-corrected chi connectivity index (χ1v) is 10.1. The fourth-order valence-corrected chi connectivity index (χ4v) is 3.93. The van der Waals surface area contributed by atoms with E-state index in [1.807, 2.05) is 24.3 Å². The number of rotatable bonds is 4. The van der Waals surface area contributed by atoms with Crippen molar-refractivity contribution in [1.82, 2.24) is 4.98 Å². The summed E-state index contributed by atoms with van der Waals surface area (Å²) in [7, 11) is 0. The maximum atomic E-state index is 12.9. The lowest BCUT2D eigenvalue weighted by atomic mass is 9.90. The molecule has 4 rings (SSSR count). The summed E-state index contributed by atoms with van der Waals surface area (Å²) < 4.78 is 5.35. The molecule has 1 aromatic heterocycles. The highest BCUT2D eigenvalue weighted by molar-refractivity contribution is 6.35. The summed E-state index contributed by atoms with van der Waals surface area (Å²) in [6.45, 7) is -0.424. The number of hydrogen-bond donors (Lipinski definition) is 1. The molecule has 0 aliphatic heterocycles. The second-order valence-electron chi connectivity index (χ2n) is 6.88. The van der Waals surface area contributed by atoms with Gasteiger partial charge >= 0.3 is 5.97 Å². The lowest BCUT2D eigenvalue weighted by molar-refractivity contribution is -0.119. The average Bonchev–Trinajstić information content (AvgIpc) is 2.73. The summed E-state index contributed by atoms with van der Waals surface area (Å²) in [5.74, 6) is -1.01.